The van der Waals surface area contributed by atoms with Gasteiger partial charge >= 0.3 is 6.03 Å². The molecule has 2 heterocycles. The van der Waals surface area contributed by atoms with Crippen LogP contribution in [0.5, 0.6) is 0 Å². The molecule has 7 nitrogen and oxygen atoms in total. The molecule has 1 aliphatic rings. The third-order valence-electron chi connectivity index (χ3n) is 3.77. The van der Waals surface area contributed by atoms with E-state index in [0.717, 1.165) is 17.1 Å². The van der Waals surface area contributed by atoms with E-state index in [1.165, 1.54) is 0 Å². The predicted octanol–water partition coefficient (Wildman–Crippen LogP) is 2.03. The van der Waals surface area contributed by atoms with Gasteiger partial charge in [-0.05, 0) is 32.0 Å². The fraction of sp³-hybridized carbons (Fsp3) is 0.412. The summed E-state index contributed by atoms with van der Waals surface area (Å²) < 4.78 is 12.6. The lowest BCUT2D eigenvalue weighted by atomic mass is 10.2. The number of ether oxygens (including phenoxy) is 2. The number of aromatic nitrogens is 2. The van der Waals surface area contributed by atoms with Crippen LogP contribution < -0.4 is 10.6 Å². The van der Waals surface area contributed by atoms with E-state index >= 15 is 0 Å². The molecule has 0 aliphatic carbocycles. The molecule has 1 aliphatic heterocycles. The molecule has 3 rings (SSSR count). The Kier molecular flexibility index (Phi) is 5.12. The quantitative estimate of drug-likeness (QED) is 0.899. The normalized spacial score (nSPS) is 17.5. The van der Waals surface area contributed by atoms with E-state index < -0.39 is 0 Å². The Balaban J connectivity index is 1.66. The van der Waals surface area contributed by atoms with Crippen molar-refractivity contribution in [3.05, 3.63) is 41.7 Å². The minimum Gasteiger partial charge on any atom is -0.376 e. The maximum absolute atomic E-state index is 12.2. The average Bonchev–Trinajstić information content (AvgIpc) is 2.93. The van der Waals surface area contributed by atoms with Gasteiger partial charge in [-0.3, -0.25) is 0 Å². The summed E-state index contributed by atoms with van der Waals surface area (Å²) in [6.07, 6.45) is -0.101. The molecule has 1 aromatic carbocycles. The van der Waals surface area contributed by atoms with Crippen LogP contribution in [0.15, 0.2) is 30.3 Å². The molecule has 2 N–H and O–H groups in total. The minimum absolute atomic E-state index is 0.101. The highest BCUT2D eigenvalue weighted by molar-refractivity contribution is 5.91. The smallest absolute Gasteiger partial charge is 0.319 e. The Labute approximate surface area is 140 Å². The van der Waals surface area contributed by atoms with Crippen molar-refractivity contribution >= 4 is 11.7 Å². The van der Waals surface area contributed by atoms with Crippen LogP contribution >= 0.6 is 0 Å². The van der Waals surface area contributed by atoms with E-state index in [4.69, 9.17) is 9.47 Å². The first-order valence-corrected chi connectivity index (χ1v) is 8.00. The van der Waals surface area contributed by atoms with Crippen molar-refractivity contribution in [2.75, 3.05) is 31.7 Å². The summed E-state index contributed by atoms with van der Waals surface area (Å²) >= 11 is 0. The minimum atomic E-state index is -0.279. The molecule has 2 amide bonds. The van der Waals surface area contributed by atoms with Crippen LogP contribution in [-0.2, 0) is 9.47 Å². The molecule has 0 spiro atoms. The van der Waals surface area contributed by atoms with E-state index in [9.17, 15) is 4.79 Å². The second-order valence-electron chi connectivity index (χ2n) is 5.76. The van der Waals surface area contributed by atoms with Gasteiger partial charge in [0.05, 0.1) is 43.0 Å². The molecule has 1 atom stereocenters. The average molecular weight is 330 g/mol. The van der Waals surface area contributed by atoms with Gasteiger partial charge in [0.15, 0.2) is 0 Å². The summed E-state index contributed by atoms with van der Waals surface area (Å²) in [6, 6.07) is 9.29. The Bertz CT molecular complexity index is 708. The van der Waals surface area contributed by atoms with Gasteiger partial charge in [0, 0.05) is 12.2 Å². The molecule has 24 heavy (non-hydrogen) atoms. The number of nitrogens with zero attached hydrogens (tertiary/aromatic N) is 2. The molecule has 1 saturated heterocycles. The highest BCUT2D eigenvalue weighted by atomic mass is 16.6. The monoisotopic (exact) mass is 330 g/mol. The molecule has 1 fully saturated rings. The third kappa shape index (κ3) is 3.93. The van der Waals surface area contributed by atoms with Crippen LogP contribution in [0.1, 0.15) is 11.4 Å². The Morgan fingerprint density at radius 1 is 1.33 bits per heavy atom. The van der Waals surface area contributed by atoms with Crippen molar-refractivity contribution in [3.63, 3.8) is 0 Å². The molecule has 7 heteroatoms. The van der Waals surface area contributed by atoms with E-state index in [0.29, 0.717) is 32.1 Å². The number of urea groups is 1. The third-order valence-corrected chi connectivity index (χ3v) is 3.77. The number of nitrogens with one attached hydrogen (secondary N) is 2. The van der Waals surface area contributed by atoms with E-state index in [-0.39, 0.29) is 12.1 Å². The zero-order valence-electron chi connectivity index (χ0n) is 13.9. The summed E-state index contributed by atoms with van der Waals surface area (Å²) in [6.45, 7) is 6.01. The van der Waals surface area contributed by atoms with Crippen LogP contribution in [0.2, 0.25) is 0 Å². The fourth-order valence-corrected chi connectivity index (χ4v) is 2.66. The fourth-order valence-electron chi connectivity index (χ4n) is 2.66. The Morgan fingerprint density at radius 3 is 2.88 bits per heavy atom. The second kappa shape index (κ2) is 7.46. The lowest BCUT2D eigenvalue weighted by molar-refractivity contribution is -0.0852. The summed E-state index contributed by atoms with van der Waals surface area (Å²) in [4.78, 5) is 12.2. The second-order valence-corrected chi connectivity index (χ2v) is 5.76. The van der Waals surface area contributed by atoms with Crippen LogP contribution in [0.4, 0.5) is 10.5 Å². The van der Waals surface area contributed by atoms with Crippen LogP contribution in [0.25, 0.3) is 5.69 Å². The largest absolute Gasteiger partial charge is 0.376 e. The van der Waals surface area contributed by atoms with Crippen molar-refractivity contribution in [3.8, 4) is 5.69 Å². The van der Waals surface area contributed by atoms with Crippen molar-refractivity contribution in [2.45, 2.75) is 20.0 Å². The maximum Gasteiger partial charge on any atom is 0.319 e. The molecule has 0 radical (unpaired) electrons. The van der Waals surface area contributed by atoms with Crippen molar-refractivity contribution in [2.24, 2.45) is 0 Å². The van der Waals surface area contributed by atoms with Gasteiger partial charge in [0.25, 0.3) is 0 Å². The van der Waals surface area contributed by atoms with Crippen LogP contribution in [0, 0.1) is 13.8 Å². The molecular weight excluding hydrogens is 308 g/mol. The molecule has 2 aromatic rings. The summed E-state index contributed by atoms with van der Waals surface area (Å²) in [5, 5.41) is 10.2. The first-order valence-electron chi connectivity index (χ1n) is 8.00. The number of benzene rings is 1. The Hall–Kier alpha value is -2.38. The molecule has 0 bridgehead atoms. The van der Waals surface area contributed by atoms with Gasteiger partial charge in [0.1, 0.15) is 0 Å². The van der Waals surface area contributed by atoms with Crippen LogP contribution in [-0.4, -0.2) is 48.3 Å². The molecule has 1 aromatic heterocycles. The Morgan fingerprint density at radius 2 is 2.17 bits per heavy atom. The number of hydrogen-bond donors (Lipinski definition) is 2. The predicted molar refractivity (Wildman–Crippen MR) is 90.6 cm³/mol. The first kappa shape index (κ1) is 16.5. The molecular formula is C17H22N4O3. The zero-order chi connectivity index (χ0) is 16.9. The number of hydrogen-bond acceptors (Lipinski definition) is 4. The van der Waals surface area contributed by atoms with Crippen LogP contribution in [0.3, 0.4) is 0 Å². The number of aryl methyl sites for hydroxylation is 2. The van der Waals surface area contributed by atoms with Gasteiger partial charge < -0.3 is 20.1 Å². The first-order chi connectivity index (χ1) is 11.6. The maximum atomic E-state index is 12.2. The van der Waals surface area contributed by atoms with Crippen molar-refractivity contribution in [1.29, 1.82) is 0 Å². The number of carbonyl (C=O) groups is 1. The molecule has 128 valence electrons. The van der Waals surface area contributed by atoms with Gasteiger partial charge in [-0.2, -0.15) is 5.10 Å². The van der Waals surface area contributed by atoms with E-state index in [1.807, 2.05) is 48.9 Å². The number of anilines is 1. The van der Waals surface area contributed by atoms with Gasteiger partial charge in [-0.15, -0.1) is 0 Å². The van der Waals surface area contributed by atoms with Crippen molar-refractivity contribution < 1.29 is 14.3 Å². The topological polar surface area (TPSA) is 77.4 Å². The SMILES string of the molecule is Cc1cc(C)n(-c2ccccc2NC(=O)NC[C@@H]2COCCO2)n1. The summed E-state index contributed by atoms with van der Waals surface area (Å²) in [5.41, 5.74) is 3.47. The number of carbonyl (C=O) groups excluding carboxylic acids is 1. The zero-order valence-corrected chi connectivity index (χ0v) is 13.9. The summed E-state index contributed by atoms with van der Waals surface area (Å²) in [7, 11) is 0. The van der Waals surface area contributed by atoms with Gasteiger partial charge in [-0.25, -0.2) is 9.48 Å². The highest BCUT2D eigenvalue weighted by Gasteiger charge is 2.16. The number of rotatable bonds is 4. The number of para-hydroxylation sites is 2. The highest BCUT2D eigenvalue weighted by Crippen LogP contribution is 2.21. The molecule has 0 saturated carbocycles. The van der Waals surface area contributed by atoms with Crippen molar-refractivity contribution in [1.82, 2.24) is 15.1 Å². The number of amides is 2. The van der Waals surface area contributed by atoms with Gasteiger partial charge in [0.2, 0.25) is 0 Å². The lowest BCUT2D eigenvalue weighted by Gasteiger charge is -2.23. The molecule has 0 unspecified atom stereocenters. The van der Waals surface area contributed by atoms with E-state index in [2.05, 4.69) is 15.7 Å². The summed E-state index contributed by atoms with van der Waals surface area (Å²) in [5.74, 6) is 0. The van der Waals surface area contributed by atoms with Gasteiger partial charge in [-0.1, -0.05) is 12.1 Å². The lowest BCUT2D eigenvalue weighted by Crippen LogP contribution is -2.41. The van der Waals surface area contributed by atoms with E-state index in [1.54, 1.807) is 0 Å². The standard InChI is InChI=1S/C17H22N4O3/c1-12-9-13(2)21(20-12)16-6-4-3-5-15(16)19-17(22)18-10-14-11-23-7-8-24-14/h3-6,9,14H,7-8,10-11H2,1-2H3,(H2,18,19,22)/t14-/m1/s1.